The Kier molecular flexibility index (Phi) is 5.42. The van der Waals surface area contributed by atoms with Crippen LogP contribution in [0.4, 0.5) is 8.78 Å². The molecule has 0 radical (unpaired) electrons. The molecule has 21 heavy (non-hydrogen) atoms. The molecule has 0 N–H and O–H groups in total. The highest BCUT2D eigenvalue weighted by molar-refractivity contribution is 6.32. The van der Waals surface area contributed by atoms with Crippen molar-refractivity contribution in [2.24, 2.45) is 0 Å². The van der Waals surface area contributed by atoms with Crippen molar-refractivity contribution in [3.05, 3.63) is 64.7 Å². The third kappa shape index (κ3) is 4.92. The van der Waals surface area contributed by atoms with Gasteiger partial charge in [0, 0.05) is 17.2 Å². The molecular formula is C15H10Cl2F2O2. The fraction of sp³-hybridized carbons (Fsp3) is 0.0667. The van der Waals surface area contributed by atoms with Crippen LogP contribution in [0.25, 0.3) is 0 Å². The van der Waals surface area contributed by atoms with Crippen LogP contribution in [0.1, 0.15) is 0 Å². The van der Waals surface area contributed by atoms with E-state index in [-0.39, 0.29) is 11.6 Å². The summed E-state index contributed by atoms with van der Waals surface area (Å²) in [5.41, 5.74) is 0. The van der Waals surface area contributed by atoms with Crippen molar-refractivity contribution in [1.29, 1.82) is 0 Å². The third-order valence-corrected chi connectivity index (χ3v) is 2.94. The maximum Gasteiger partial charge on any atom is 0.269 e. The van der Waals surface area contributed by atoms with Crippen molar-refractivity contribution in [1.82, 2.24) is 0 Å². The molecule has 2 rings (SSSR count). The fourth-order valence-electron chi connectivity index (χ4n) is 1.52. The number of rotatable bonds is 5. The molecule has 0 aliphatic carbocycles. The molecule has 0 saturated heterocycles. The van der Waals surface area contributed by atoms with E-state index in [9.17, 15) is 8.78 Å². The zero-order chi connectivity index (χ0) is 15.2. The van der Waals surface area contributed by atoms with Crippen molar-refractivity contribution in [2.45, 2.75) is 0 Å². The molecule has 0 heterocycles. The molecule has 2 aromatic carbocycles. The molecule has 2 aromatic rings. The second-order valence-electron chi connectivity index (χ2n) is 3.96. The minimum absolute atomic E-state index is 0.253. The number of hydrogen-bond acceptors (Lipinski definition) is 2. The van der Waals surface area contributed by atoms with Gasteiger partial charge in [0.05, 0.1) is 5.02 Å². The lowest BCUT2D eigenvalue weighted by atomic mass is 10.3. The lowest BCUT2D eigenvalue weighted by molar-refractivity contribution is 0.344. The minimum Gasteiger partial charge on any atom is -0.488 e. The summed E-state index contributed by atoms with van der Waals surface area (Å²) in [4.78, 5) is 0. The van der Waals surface area contributed by atoms with E-state index in [0.29, 0.717) is 28.3 Å². The van der Waals surface area contributed by atoms with E-state index in [4.69, 9.17) is 32.7 Å². The first-order valence-corrected chi connectivity index (χ1v) is 6.67. The van der Waals surface area contributed by atoms with Gasteiger partial charge in [-0.3, -0.25) is 0 Å². The number of ether oxygens (including phenoxy) is 2. The van der Waals surface area contributed by atoms with Gasteiger partial charge >= 0.3 is 0 Å². The monoisotopic (exact) mass is 330 g/mol. The van der Waals surface area contributed by atoms with Crippen LogP contribution in [0.3, 0.4) is 0 Å². The van der Waals surface area contributed by atoms with Crippen LogP contribution in [0, 0.1) is 0 Å². The molecule has 110 valence electrons. The predicted molar refractivity (Wildman–Crippen MR) is 78.8 cm³/mol. The Balaban J connectivity index is 2.06. The van der Waals surface area contributed by atoms with Crippen molar-refractivity contribution in [3.63, 3.8) is 0 Å². The first kappa shape index (κ1) is 15.6. The van der Waals surface area contributed by atoms with Gasteiger partial charge in [-0.15, -0.1) is 0 Å². The predicted octanol–water partition coefficient (Wildman–Crippen LogP) is 5.94. The van der Waals surface area contributed by atoms with Gasteiger partial charge < -0.3 is 9.47 Å². The molecule has 0 aromatic heterocycles. The van der Waals surface area contributed by atoms with Gasteiger partial charge in [-0.25, -0.2) is 0 Å². The van der Waals surface area contributed by atoms with E-state index in [1.807, 2.05) is 0 Å². The second-order valence-corrected chi connectivity index (χ2v) is 4.80. The van der Waals surface area contributed by atoms with E-state index in [2.05, 4.69) is 0 Å². The molecule has 2 nitrogen and oxygen atoms in total. The average molecular weight is 331 g/mol. The SMILES string of the molecule is FC(F)=CCOc1ccc(Oc2cccc(Cl)c2)cc1Cl. The lowest BCUT2D eigenvalue weighted by Gasteiger charge is -2.09. The quantitative estimate of drug-likeness (QED) is 0.674. The van der Waals surface area contributed by atoms with Crippen molar-refractivity contribution in [3.8, 4) is 17.2 Å². The first-order valence-electron chi connectivity index (χ1n) is 5.91. The molecule has 6 heteroatoms. The van der Waals surface area contributed by atoms with E-state index >= 15 is 0 Å². The fourth-order valence-corrected chi connectivity index (χ4v) is 1.93. The van der Waals surface area contributed by atoms with Gasteiger partial charge in [0.25, 0.3) is 6.08 Å². The van der Waals surface area contributed by atoms with Crippen molar-refractivity contribution >= 4 is 23.2 Å². The summed E-state index contributed by atoms with van der Waals surface area (Å²) in [6.07, 6.45) is -1.14. The Hall–Kier alpha value is -1.78. The molecular weight excluding hydrogens is 321 g/mol. The zero-order valence-electron chi connectivity index (χ0n) is 10.7. The van der Waals surface area contributed by atoms with Crippen LogP contribution in [0.2, 0.25) is 10.0 Å². The number of hydrogen-bond donors (Lipinski definition) is 0. The summed E-state index contributed by atoms with van der Waals surface area (Å²) < 4.78 is 34.5. The van der Waals surface area contributed by atoms with Crippen LogP contribution in [0.15, 0.2) is 54.6 Å². The highest BCUT2D eigenvalue weighted by atomic mass is 35.5. The van der Waals surface area contributed by atoms with Gasteiger partial charge in [-0.2, -0.15) is 8.78 Å². The summed E-state index contributed by atoms with van der Waals surface area (Å²) in [5.74, 6) is 1.35. The Morgan fingerprint density at radius 1 is 1.05 bits per heavy atom. The smallest absolute Gasteiger partial charge is 0.269 e. The lowest BCUT2D eigenvalue weighted by Crippen LogP contribution is -1.94. The molecule has 0 fully saturated rings. The van der Waals surface area contributed by atoms with Crippen LogP contribution in [-0.4, -0.2) is 6.61 Å². The first-order chi connectivity index (χ1) is 10.0. The largest absolute Gasteiger partial charge is 0.488 e. The molecule has 0 bridgehead atoms. The topological polar surface area (TPSA) is 18.5 Å². The molecule has 0 saturated carbocycles. The molecule has 0 aliphatic heterocycles. The van der Waals surface area contributed by atoms with Crippen LogP contribution in [-0.2, 0) is 0 Å². The van der Waals surface area contributed by atoms with Gasteiger partial charge in [-0.1, -0.05) is 29.3 Å². The van der Waals surface area contributed by atoms with E-state index < -0.39 is 6.08 Å². The van der Waals surface area contributed by atoms with E-state index in [1.165, 1.54) is 6.07 Å². The van der Waals surface area contributed by atoms with Gasteiger partial charge in [0.1, 0.15) is 23.9 Å². The van der Waals surface area contributed by atoms with E-state index in [0.717, 1.165) is 0 Å². The van der Waals surface area contributed by atoms with Crippen LogP contribution >= 0.6 is 23.2 Å². The second kappa shape index (κ2) is 7.29. The Morgan fingerprint density at radius 2 is 1.81 bits per heavy atom. The highest BCUT2D eigenvalue weighted by Crippen LogP contribution is 2.32. The van der Waals surface area contributed by atoms with Crippen molar-refractivity contribution in [2.75, 3.05) is 6.61 Å². The summed E-state index contributed by atoms with van der Waals surface area (Å²) in [5, 5.41) is 0.820. The summed E-state index contributed by atoms with van der Waals surface area (Å²) in [6.45, 7) is -0.253. The summed E-state index contributed by atoms with van der Waals surface area (Å²) in [7, 11) is 0. The molecule has 0 spiro atoms. The highest BCUT2D eigenvalue weighted by Gasteiger charge is 2.05. The Bertz CT molecular complexity index is 656. The maximum atomic E-state index is 11.9. The minimum atomic E-state index is -1.80. The zero-order valence-corrected chi connectivity index (χ0v) is 12.2. The third-order valence-electron chi connectivity index (χ3n) is 2.41. The number of benzene rings is 2. The maximum absolute atomic E-state index is 11.9. The van der Waals surface area contributed by atoms with Gasteiger partial charge in [0.2, 0.25) is 0 Å². The Labute approximate surface area is 130 Å². The number of halogens is 4. The summed E-state index contributed by atoms with van der Waals surface area (Å²) in [6, 6.07) is 11.6. The van der Waals surface area contributed by atoms with Gasteiger partial charge in [0.15, 0.2) is 0 Å². The molecule has 0 unspecified atom stereocenters. The normalized spacial score (nSPS) is 10.1. The van der Waals surface area contributed by atoms with Crippen LogP contribution < -0.4 is 9.47 Å². The molecule has 0 amide bonds. The molecule has 0 aliphatic rings. The average Bonchev–Trinajstić information content (AvgIpc) is 2.41. The van der Waals surface area contributed by atoms with Crippen molar-refractivity contribution < 1.29 is 18.3 Å². The van der Waals surface area contributed by atoms with Crippen LogP contribution in [0.5, 0.6) is 17.2 Å². The van der Waals surface area contributed by atoms with Gasteiger partial charge in [-0.05, 0) is 30.3 Å². The van der Waals surface area contributed by atoms with E-state index in [1.54, 1.807) is 36.4 Å². The molecule has 0 atom stereocenters. The standard InChI is InChI=1S/C15H10Cl2F2O2/c16-10-2-1-3-11(8-10)21-12-4-5-14(13(17)9-12)20-7-6-15(18)19/h1-6,8-9H,7H2. The Morgan fingerprint density at radius 3 is 2.48 bits per heavy atom. The summed E-state index contributed by atoms with van der Waals surface area (Å²) >= 11 is 11.9.